The maximum absolute atomic E-state index is 3.59. The van der Waals surface area contributed by atoms with Crippen LogP contribution in [0.4, 0.5) is 11.4 Å². The molecule has 0 saturated heterocycles. The van der Waals surface area contributed by atoms with Gasteiger partial charge in [0.1, 0.15) is 6.17 Å². The smallest absolute Gasteiger partial charge is 0.326 e. The molecule has 0 aliphatic carbocycles. The molecular formula is C31H27N2Ru. The molecule has 6 rings (SSSR count). The molecular weight excluding hydrogens is 501 g/mol. The third-order valence-corrected chi connectivity index (χ3v) is 7.25. The van der Waals surface area contributed by atoms with Crippen LogP contribution in [0.1, 0.15) is 29.2 Å². The van der Waals surface area contributed by atoms with E-state index in [0.717, 1.165) is 0 Å². The zero-order valence-corrected chi connectivity index (χ0v) is 21.6. The fraction of sp³-hybridized carbons (Fsp3) is 0.161. The van der Waals surface area contributed by atoms with Gasteiger partial charge in [-0.2, -0.15) is 0 Å². The molecule has 0 spiro atoms. The van der Waals surface area contributed by atoms with Crippen molar-refractivity contribution in [2.45, 2.75) is 33.9 Å². The van der Waals surface area contributed by atoms with Crippen molar-refractivity contribution in [1.29, 1.82) is 0 Å². The van der Waals surface area contributed by atoms with Crippen LogP contribution in [0, 0.1) is 26.8 Å². The van der Waals surface area contributed by atoms with E-state index >= 15 is 0 Å². The Labute approximate surface area is 215 Å². The maximum Gasteiger partial charge on any atom is 1.00 e. The number of para-hydroxylation sites is 1. The molecule has 0 aromatic heterocycles. The summed E-state index contributed by atoms with van der Waals surface area (Å²) >= 11 is 0. The summed E-state index contributed by atoms with van der Waals surface area (Å²) in [4.78, 5) is 4.96. The quantitative estimate of drug-likeness (QED) is 0.184. The molecule has 0 fully saturated rings. The van der Waals surface area contributed by atoms with Crippen LogP contribution in [-0.4, -0.2) is 6.17 Å². The fourth-order valence-corrected chi connectivity index (χ4v) is 5.40. The van der Waals surface area contributed by atoms with Gasteiger partial charge in [0.15, 0.2) is 0 Å². The van der Waals surface area contributed by atoms with Crippen molar-refractivity contribution >= 4 is 17.1 Å². The molecule has 34 heavy (non-hydrogen) atoms. The van der Waals surface area contributed by atoms with E-state index in [1.807, 2.05) is 6.07 Å². The van der Waals surface area contributed by atoms with Gasteiger partial charge in [-0.05, 0) is 56.0 Å². The molecule has 0 bridgehead atoms. The van der Waals surface area contributed by atoms with Gasteiger partial charge in [-0.25, -0.2) is 0 Å². The molecule has 0 amide bonds. The summed E-state index contributed by atoms with van der Waals surface area (Å²) < 4.78 is 0. The molecule has 0 N–H and O–H groups in total. The average Bonchev–Trinajstić information content (AvgIpc) is 3.16. The van der Waals surface area contributed by atoms with Crippen LogP contribution in [0.5, 0.6) is 0 Å². The third-order valence-electron chi connectivity index (χ3n) is 7.25. The number of rotatable bonds is 1. The van der Waals surface area contributed by atoms with E-state index in [0.29, 0.717) is 0 Å². The number of hydrogen-bond acceptors (Lipinski definition) is 2. The minimum absolute atomic E-state index is 0. The first-order valence-corrected chi connectivity index (χ1v) is 11.6. The summed E-state index contributed by atoms with van der Waals surface area (Å²) in [6.45, 7) is 8.96. The minimum Gasteiger partial charge on any atom is -0.326 e. The van der Waals surface area contributed by atoms with E-state index in [1.54, 1.807) is 0 Å². The van der Waals surface area contributed by atoms with Gasteiger partial charge in [-0.1, -0.05) is 65.7 Å². The fourth-order valence-electron chi connectivity index (χ4n) is 5.40. The Morgan fingerprint density at radius 2 is 1.41 bits per heavy atom. The number of benzene rings is 4. The summed E-state index contributed by atoms with van der Waals surface area (Å²) in [7, 11) is 0. The van der Waals surface area contributed by atoms with Crippen LogP contribution < -0.4 is 9.80 Å². The summed E-state index contributed by atoms with van der Waals surface area (Å²) in [5, 5.41) is 0. The van der Waals surface area contributed by atoms with Crippen molar-refractivity contribution in [1.82, 2.24) is 0 Å². The molecule has 3 heteroatoms. The largest absolute Gasteiger partial charge is 1.00 e. The van der Waals surface area contributed by atoms with Crippen LogP contribution in [0.3, 0.4) is 0 Å². The van der Waals surface area contributed by atoms with Crippen molar-refractivity contribution in [3.8, 4) is 22.3 Å². The van der Waals surface area contributed by atoms with Gasteiger partial charge in [-0.3, -0.25) is 0 Å². The van der Waals surface area contributed by atoms with Gasteiger partial charge in [-0.15, -0.1) is 35.4 Å². The molecule has 1 radical (unpaired) electrons. The number of fused-ring (bicyclic) bond motifs is 8. The number of hydrogen-bond donors (Lipinski definition) is 0. The van der Waals surface area contributed by atoms with Gasteiger partial charge in [0, 0.05) is 17.6 Å². The van der Waals surface area contributed by atoms with Gasteiger partial charge in [0.25, 0.3) is 0 Å². The Morgan fingerprint density at radius 1 is 0.706 bits per heavy atom. The molecule has 4 aromatic rings. The van der Waals surface area contributed by atoms with Crippen LogP contribution in [0.2, 0.25) is 0 Å². The van der Waals surface area contributed by atoms with Crippen LogP contribution >= 0.6 is 0 Å². The van der Waals surface area contributed by atoms with Crippen molar-refractivity contribution in [2.24, 2.45) is 0 Å². The summed E-state index contributed by atoms with van der Waals surface area (Å²) in [6.07, 6.45) is 2.48. The van der Waals surface area contributed by atoms with Gasteiger partial charge >= 0.3 is 19.5 Å². The predicted molar refractivity (Wildman–Crippen MR) is 139 cm³/mol. The first kappa shape index (κ1) is 22.6. The van der Waals surface area contributed by atoms with Gasteiger partial charge < -0.3 is 9.80 Å². The van der Waals surface area contributed by atoms with E-state index in [-0.39, 0.29) is 25.6 Å². The van der Waals surface area contributed by atoms with E-state index in [9.17, 15) is 0 Å². The van der Waals surface area contributed by atoms with Gasteiger partial charge in [0.05, 0.1) is 5.70 Å². The summed E-state index contributed by atoms with van der Waals surface area (Å²) in [5.74, 6) is 0. The first-order chi connectivity index (χ1) is 16.1. The number of aryl methyl sites for hydroxylation is 2. The molecule has 2 aliphatic heterocycles. The van der Waals surface area contributed by atoms with Crippen molar-refractivity contribution < 1.29 is 19.5 Å². The standard InChI is InChI=1S/C31H27N2.Ru/c1-20-17-18-28-26-14-7-6-12-24(26)25-13-8-9-15-27(25)30-19-32(29-16-10-5-11-21(29)2)23(4)33(30)31(28)22(20)3;/h5-13,15-19,23H,1-4H3;/q-1;+1/t23-;/m1./s1. The Kier molecular flexibility index (Phi) is 5.70. The SMILES string of the molecule is Cc1ccccc1N1C=C2c3ccccc3-c3ccc[c-]c3-c3ccc(C)c(C)c3N2[C@@H]1C.[Ru+]. The summed E-state index contributed by atoms with van der Waals surface area (Å²) in [5.41, 5.74) is 13.8. The molecule has 0 unspecified atom stereocenters. The molecule has 2 aliphatic rings. The van der Waals surface area contributed by atoms with Crippen molar-refractivity contribution in [3.63, 3.8) is 0 Å². The first-order valence-electron chi connectivity index (χ1n) is 11.6. The average molecular weight is 529 g/mol. The van der Waals surface area contributed by atoms with E-state index in [1.165, 1.54) is 61.6 Å². The van der Waals surface area contributed by atoms with E-state index < -0.39 is 0 Å². The van der Waals surface area contributed by atoms with Crippen LogP contribution in [-0.2, 0) is 19.5 Å². The molecule has 2 heterocycles. The Balaban J connectivity index is 0.00000241. The second-order valence-electron chi connectivity index (χ2n) is 9.12. The topological polar surface area (TPSA) is 6.48 Å². The zero-order chi connectivity index (χ0) is 22.7. The Morgan fingerprint density at radius 3 is 2.21 bits per heavy atom. The maximum atomic E-state index is 3.59. The Hall–Kier alpha value is -3.16. The molecule has 2 nitrogen and oxygen atoms in total. The monoisotopic (exact) mass is 529 g/mol. The van der Waals surface area contributed by atoms with E-state index in [2.05, 4.69) is 123 Å². The minimum atomic E-state index is 0. The zero-order valence-electron chi connectivity index (χ0n) is 19.9. The number of anilines is 2. The normalized spacial score (nSPS) is 15.8. The molecule has 4 aromatic carbocycles. The van der Waals surface area contributed by atoms with Crippen LogP contribution in [0.25, 0.3) is 28.0 Å². The molecule has 0 saturated carbocycles. The summed E-state index contributed by atoms with van der Waals surface area (Å²) in [6, 6.07) is 31.9. The van der Waals surface area contributed by atoms with Gasteiger partial charge in [0.2, 0.25) is 0 Å². The molecule has 169 valence electrons. The molecule has 1 atom stereocenters. The van der Waals surface area contributed by atoms with E-state index in [4.69, 9.17) is 0 Å². The van der Waals surface area contributed by atoms with Crippen LogP contribution in [0.15, 0.2) is 85.1 Å². The predicted octanol–water partition coefficient (Wildman–Crippen LogP) is 7.73. The Bertz CT molecular complexity index is 1440. The second-order valence-corrected chi connectivity index (χ2v) is 9.12. The number of nitrogens with zero attached hydrogens (tertiary/aromatic N) is 2. The second kappa shape index (κ2) is 8.56. The van der Waals surface area contributed by atoms with Crippen molar-refractivity contribution in [2.75, 3.05) is 9.80 Å². The third kappa shape index (κ3) is 3.26. The van der Waals surface area contributed by atoms with Crippen molar-refractivity contribution in [3.05, 3.63) is 113 Å².